The van der Waals surface area contributed by atoms with Crippen molar-refractivity contribution in [2.45, 2.75) is 44.9 Å². The van der Waals surface area contributed by atoms with Crippen LogP contribution in [0.3, 0.4) is 0 Å². The molecule has 2 fully saturated rings. The van der Waals surface area contributed by atoms with Gasteiger partial charge in [0.05, 0.1) is 0 Å². The van der Waals surface area contributed by atoms with Crippen LogP contribution in [0.15, 0.2) is 0 Å². The van der Waals surface area contributed by atoms with Crippen LogP contribution in [0.2, 0.25) is 0 Å². The van der Waals surface area contributed by atoms with Gasteiger partial charge in [-0.2, -0.15) is 0 Å². The van der Waals surface area contributed by atoms with Crippen LogP contribution in [-0.4, -0.2) is 18.5 Å². The quantitative estimate of drug-likeness (QED) is 0.673. The summed E-state index contributed by atoms with van der Waals surface area (Å²) in [7, 11) is 8.93. The van der Waals surface area contributed by atoms with E-state index < -0.39 is 0 Å². The van der Waals surface area contributed by atoms with Crippen LogP contribution >= 0.6 is 27.7 Å². The summed E-state index contributed by atoms with van der Waals surface area (Å²) in [6, 6.07) is 0. The second-order valence-corrected chi connectivity index (χ2v) is 8.00. The lowest BCUT2D eigenvalue weighted by Gasteiger charge is -2.41. The van der Waals surface area contributed by atoms with Crippen LogP contribution in [0.25, 0.3) is 0 Å². The van der Waals surface area contributed by atoms with E-state index in [0.29, 0.717) is 0 Å². The molecule has 0 aliphatic heterocycles. The van der Waals surface area contributed by atoms with Crippen molar-refractivity contribution in [2.24, 2.45) is 29.6 Å². The summed E-state index contributed by atoms with van der Waals surface area (Å²) in [5, 5.41) is 0. The summed E-state index contributed by atoms with van der Waals surface area (Å²) in [5.74, 6) is 5.14. The third-order valence-corrected chi connectivity index (χ3v) is 7.55. The van der Waals surface area contributed by atoms with Gasteiger partial charge in [-0.1, -0.05) is 0 Å². The normalized spacial score (nSPS) is 41.8. The summed E-state index contributed by atoms with van der Waals surface area (Å²) in [6.45, 7) is 0. The molecule has 2 saturated carbocycles. The molecule has 2 aliphatic carbocycles. The van der Waals surface area contributed by atoms with Crippen LogP contribution in [0.5, 0.6) is 0 Å². The fourth-order valence-corrected chi connectivity index (χ4v) is 5.95. The standard InChI is InChI=1S/C15H31P3/c16-8-11-1-3-12(4-2-11)13-5-6-14(9-17)15(7-13)10-18/h11-15H,1-10,16-18H2/t11?,12?,13?,14-,15?/m0/s1. The summed E-state index contributed by atoms with van der Waals surface area (Å²) in [6.07, 6.45) is 14.6. The number of rotatable bonds is 4. The van der Waals surface area contributed by atoms with Crippen molar-refractivity contribution in [3.8, 4) is 0 Å². The second-order valence-electron chi connectivity index (χ2n) is 6.58. The molecule has 0 amide bonds. The molecule has 5 unspecified atom stereocenters. The summed E-state index contributed by atoms with van der Waals surface area (Å²) < 4.78 is 0. The smallest absolute Gasteiger partial charge is 0.0345 e. The molecule has 6 atom stereocenters. The van der Waals surface area contributed by atoms with E-state index in [9.17, 15) is 0 Å². The van der Waals surface area contributed by atoms with E-state index >= 15 is 0 Å². The number of hydrogen-bond acceptors (Lipinski definition) is 0. The third-order valence-electron chi connectivity index (χ3n) is 5.68. The van der Waals surface area contributed by atoms with Crippen LogP contribution in [0, 0.1) is 29.6 Å². The van der Waals surface area contributed by atoms with Crippen molar-refractivity contribution in [2.75, 3.05) is 18.5 Å². The molecule has 0 N–H and O–H groups in total. The summed E-state index contributed by atoms with van der Waals surface area (Å²) in [4.78, 5) is 0. The van der Waals surface area contributed by atoms with Crippen LogP contribution in [0.4, 0.5) is 0 Å². The van der Waals surface area contributed by atoms with Crippen LogP contribution in [0.1, 0.15) is 44.9 Å². The minimum absolute atomic E-state index is 0.991. The van der Waals surface area contributed by atoms with Crippen LogP contribution < -0.4 is 0 Å². The maximum Gasteiger partial charge on any atom is -0.0345 e. The SMILES string of the molecule is PCC1CCC(C2CC[C@@H](CP)C(CP)C2)CC1. The highest BCUT2D eigenvalue weighted by Crippen LogP contribution is 2.44. The average Bonchev–Trinajstić information content (AvgIpc) is 2.46. The van der Waals surface area contributed by atoms with E-state index in [4.69, 9.17) is 0 Å². The molecule has 0 saturated heterocycles. The lowest BCUT2D eigenvalue weighted by molar-refractivity contribution is 0.124. The summed E-state index contributed by atoms with van der Waals surface area (Å²) in [5.41, 5.74) is 0. The van der Waals surface area contributed by atoms with E-state index in [1.165, 1.54) is 63.4 Å². The zero-order chi connectivity index (χ0) is 13.0. The van der Waals surface area contributed by atoms with Gasteiger partial charge in [0.15, 0.2) is 0 Å². The lowest BCUT2D eigenvalue weighted by Crippen LogP contribution is -2.32. The molecule has 0 nitrogen and oxygen atoms in total. The molecule has 106 valence electrons. The minimum atomic E-state index is 0.991. The van der Waals surface area contributed by atoms with E-state index in [-0.39, 0.29) is 0 Å². The van der Waals surface area contributed by atoms with Crippen molar-refractivity contribution in [1.29, 1.82) is 0 Å². The number of hydrogen-bond donors (Lipinski definition) is 0. The van der Waals surface area contributed by atoms with E-state index in [2.05, 4.69) is 27.7 Å². The zero-order valence-electron chi connectivity index (χ0n) is 11.7. The van der Waals surface area contributed by atoms with Crippen molar-refractivity contribution >= 4 is 27.7 Å². The molecule has 2 rings (SSSR count). The van der Waals surface area contributed by atoms with Crippen molar-refractivity contribution in [1.82, 2.24) is 0 Å². The van der Waals surface area contributed by atoms with Crippen molar-refractivity contribution in [3.63, 3.8) is 0 Å². The molecule has 3 heteroatoms. The first-order valence-corrected chi connectivity index (χ1v) is 10.3. The predicted octanol–water partition coefficient (Wildman–Crippen LogP) is 4.45. The second kappa shape index (κ2) is 7.91. The van der Waals surface area contributed by atoms with Gasteiger partial charge in [0.2, 0.25) is 0 Å². The van der Waals surface area contributed by atoms with Gasteiger partial charge >= 0.3 is 0 Å². The van der Waals surface area contributed by atoms with Gasteiger partial charge < -0.3 is 0 Å². The fourth-order valence-electron chi connectivity index (χ4n) is 4.29. The topological polar surface area (TPSA) is 0 Å². The monoisotopic (exact) mass is 304 g/mol. The van der Waals surface area contributed by atoms with E-state index in [1.807, 2.05) is 0 Å². The Labute approximate surface area is 121 Å². The Bertz CT molecular complexity index is 236. The van der Waals surface area contributed by atoms with Gasteiger partial charge in [0.25, 0.3) is 0 Å². The highest BCUT2D eigenvalue weighted by atomic mass is 31.0. The average molecular weight is 304 g/mol. The Morgan fingerprint density at radius 3 is 1.78 bits per heavy atom. The van der Waals surface area contributed by atoms with E-state index in [0.717, 1.165) is 29.6 Å². The molecule has 0 aromatic rings. The van der Waals surface area contributed by atoms with Crippen molar-refractivity contribution < 1.29 is 0 Å². The molecule has 0 aromatic carbocycles. The maximum absolute atomic E-state index is 3.01. The van der Waals surface area contributed by atoms with Gasteiger partial charge in [-0.3, -0.25) is 0 Å². The molecule has 0 spiro atoms. The molecule has 0 heterocycles. The molecular formula is C15H31P3. The van der Waals surface area contributed by atoms with Crippen molar-refractivity contribution in [3.05, 3.63) is 0 Å². The minimum Gasteiger partial charge on any atom is -0.137 e. The molecule has 18 heavy (non-hydrogen) atoms. The molecular weight excluding hydrogens is 273 g/mol. The van der Waals surface area contributed by atoms with E-state index in [1.54, 1.807) is 0 Å². The Morgan fingerprint density at radius 2 is 1.22 bits per heavy atom. The molecule has 0 bridgehead atoms. The predicted molar refractivity (Wildman–Crippen MR) is 93.5 cm³/mol. The van der Waals surface area contributed by atoms with Gasteiger partial charge in [0.1, 0.15) is 0 Å². The summed E-state index contributed by atoms with van der Waals surface area (Å²) >= 11 is 0. The zero-order valence-corrected chi connectivity index (χ0v) is 15.2. The Morgan fingerprint density at radius 1 is 0.611 bits per heavy atom. The molecule has 2 aliphatic rings. The highest BCUT2D eigenvalue weighted by molar-refractivity contribution is 7.17. The molecule has 0 radical (unpaired) electrons. The van der Waals surface area contributed by atoms with Crippen LogP contribution in [-0.2, 0) is 0 Å². The lowest BCUT2D eigenvalue weighted by atomic mass is 9.66. The first-order valence-electron chi connectivity index (χ1n) is 7.88. The Hall–Kier alpha value is 1.29. The molecule has 0 aromatic heterocycles. The fraction of sp³-hybridized carbons (Fsp3) is 1.00. The highest BCUT2D eigenvalue weighted by Gasteiger charge is 2.34. The first kappa shape index (κ1) is 15.7. The first-order chi connectivity index (χ1) is 8.78. The largest absolute Gasteiger partial charge is 0.137 e. The van der Waals surface area contributed by atoms with Gasteiger partial charge in [-0.15, -0.1) is 27.7 Å². The maximum atomic E-state index is 3.01. The van der Waals surface area contributed by atoms with Gasteiger partial charge in [-0.05, 0) is 93.0 Å². The van der Waals surface area contributed by atoms with Gasteiger partial charge in [-0.25, -0.2) is 0 Å². The Kier molecular flexibility index (Phi) is 6.89. The van der Waals surface area contributed by atoms with Gasteiger partial charge in [0, 0.05) is 0 Å². The third kappa shape index (κ3) is 3.90. The Balaban J connectivity index is 1.83.